The molecule has 0 fully saturated rings. The Labute approximate surface area is 113 Å². The van der Waals surface area contributed by atoms with Crippen LogP contribution in [0.4, 0.5) is 17.6 Å². The van der Waals surface area contributed by atoms with Gasteiger partial charge in [-0.2, -0.15) is 13.2 Å². The predicted molar refractivity (Wildman–Crippen MR) is 64.8 cm³/mol. The minimum atomic E-state index is -4.34. The van der Waals surface area contributed by atoms with Crippen LogP contribution in [-0.4, -0.2) is 32.5 Å². The predicted octanol–water partition coefficient (Wildman–Crippen LogP) is 3.19. The molecule has 0 radical (unpaired) electrons. The molecule has 0 aliphatic rings. The summed E-state index contributed by atoms with van der Waals surface area (Å²) in [7, 11) is 1.61. The summed E-state index contributed by atoms with van der Waals surface area (Å²) >= 11 is 5.54. The zero-order chi connectivity index (χ0) is 14.5. The molecule has 0 amide bonds. The minimum Gasteiger partial charge on any atom is -0.370 e. The summed E-state index contributed by atoms with van der Waals surface area (Å²) in [6.45, 7) is -1.40. The molecule has 1 rings (SSSR count). The van der Waals surface area contributed by atoms with Crippen LogP contribution in [0.25, 0.3) is 0 Å². The highest BCUT2D eigenvalue weighted by molar-refractivity contribution is 6.30. The highest BCUT2D eigenvalue weighted by Crippen LogP contribution is 2.17. The normalized spacial score (nSPS) is 13.6. The lowest BCUT2D eigenvalue weighted by molar-refractivity contribution is -0.175. The van der Waals surface area contributed by atoms with Crippen molar-refractivity contribution in [1.29, 1.82) is 0 Å². The lowest BCUT2D eigenvalue weighted by atomic mass is 10.1. The Morgan fingerprint density at radius 3 is 2.58 bits per heavy atom. The maximum absolute atomic E-state index is 13.2. The fraction of sp³-hybridized carbons (Fsp3) is 0.500. The largest absolute Gasteiger partial charge is 0.411 e. The van der Waals surface area contributed by atoms with Gasteiger partial charge in [-0.05, 0) is 31.2 Å². The molecule has 0 heterocycles. The van der Waals surface area contributed by atoms with Gasteiger partial charge in [0.25, 0.3) is 0 Å². The molecule has 0 aliphatic heterocycles. The molecular weight excluding hydrogens is 286 g/mol. The van der Waals surface area contributed by atoms with Crippen LogP contribution in [-0.2, 0) is 11.2 Å². The maximum atomic E-state index is 13.2. The van der Waals surface area contributed by atoms with E-state index in [1.807, 2.05) is 0 Å². The molecule has 0 spiro atoms. The van der Waals surface area contributed by atoms with Crippen LogP contribution in [0.2, 0.25) is 5.02 Å². The third-order valence-corrected chi connectivity index (χ3v) is 2.77. The first-order valence-corrected chi connectivity index (χ1v) is 5.95. The molecule has 1 aromatic rings. The quantitative estimate of drug-likeness (QED) is 0.815. The van der Waals surface area contributed by atoms with Gasteiger partial charge in [0.2, 0.25) is 0 Å². The van der Waals surface area contributed by atoms with Gasteiger partial charge in [0.05, 0.1) is 11.6 Å². The third-order valence-electron chi connectivity index (χ3n) is 2.46. The smallest absolute Gasteiger partial charge is 0.370 e. The van der Waals surface area contributed by atoms with Gasteiger partial charge >= 0.3 is 6.18 Å². The van der Waals surface area contributed by atoms with E-state index < -0.39 is 18.6 Å². The molecule has 1 unspecified atom stereocenters. The van der Waals surface area contributed by atoms with Crippen molar-refractivity contribution in [1.82, 2.24) is 5.32 Å². The van der Waals surface area contributed by atoms with Crippen molar-refractivity contribution in [3.05, 3.63) is 34.6 Å². The van der Waals surface area contributed by atoms with Gasteiger partial charge in [0.15, 0.2) is 0 Å². The first-order valence-electron chi connectivity index (χ1n) is 5.57. The molecule has 0 bridgehead atoms. The molecule has 2 nitrogen and oxygen atoms in total. The van der Waals surface area contributed by atoms with E-state index in [1.54, 1.807) is 13.1 Å². The van der Waals surface area contributed by atoms with Crippen LogP contribution in [0.5, 0.6) is 0 Å². The zero-order valence-corrected chi connectivity index (χ0v) is 11.0. The second-order valence-electron chi connectivity index (χ2n) is 4.07. The van der Waals surface area contributed by atoms with Gasteiger partial charge in [-0.1, -0.05) is 17.7 Å². The fourth-order valence-electron chi connectivity index (χ4n) is 1.51. The van der Waals surface area contributed by atoms with E-state index in [0.717, 1.165) is 0 Å². The van der Waals surface area contributed by atoms with Crippen LogP contribution in [0.1, 0.15) is 5.56 Å². The summed E-state index contributed by atoms with van der Waals surface area (Å²) in [5, 5.41) is 2.84. The van der Waals surface area contributed by atoms with Crippen molar-refractivity contribution >= 4 is 11.6 Å². The number of hydrogen-bond acceptors (Lipinski definition) is 2. The first-order chi connectivity index (χ1) is 8.81. The highest BCUT2D eigenvalue weighted by atomic mass is 35.5. The van der Waals surface area contributed by atoms with Gasteiger partial charge in [0.1, 0.15) is 12.4 Å². The molecule has 0 aliphatic carbocycles. The van der Waals surface area contributed by atoms with Crippen molar-refractivity contribution in [3.63, 3.8) is 0 Å². The summed E-state index contributed by atoms with van der Waals surface area (Å²) in [4.78, 5) is 0. The molecule has 0 saturated heterocycles. The topological polar surface area (TPSA) is 21.3 Å². The van der Waals surface area contributed by atoms with Crippen LogP contribution in [0.15, 0.2) is 18.2 Å². The molecule has 19 heavy (non-hydrogen) atoms. The molecule has 1 atom stereocenters. The summed E-state index contributed by atoms with van der Waals surface area (Å²) in [6, 6.07) is 3.97. The lowest BCUT2D eigenvalue weighted by Gasteiger charge is -2.17. The van der Waals surface area contributed by atoms with Crippen LogP contribution < -0.4 is 5.32 Å². The summed E-state index contributed by atoms with van der Waals surface area (Å²) < 4.78 is 53.6. The molecule has 108 valence electrons. The lowest BCUT2D eigenvalue weighted by Crippen LogP contribution is -2.34. The molecule has 7 heteroatoms. The van der Waals surface area contributed by atoms with E-state index >= 15 is 0 Å². The Bertz CT molecular complexity index is 411. The van der Waals surface area contributed by atoms with Crippen molar-refractivity contribution in [2.24, 2.45) is 0 Å². The van der Waals surface area contributed by atoms with Crippen molar-refractivity contribution in [2.45, 2.75) is 18.6 Å². The Morgan fingerprint density at radius 1 is 1.37 bits per heavy atom. The number of likely N-dealkylation sites (N-methyl/N-ethyl adjacent to an activating group) is 1. The summed E-state index contributed by atoms with van der Waals surface area (Å²) in [5.74, 6) is -0.551. The Morgan fingerprint density at radius 2 is 2.05 bits per heavy atom. The number of hydrogen-bond donors (Lipinski definition) is 1. The second kappa shape index (κ2) is 7.07. The molecule has 1 aromatic carbocycles. The van der Waals surface area contributed by atoms with Gasteiger partial charge in [-0.3, -0.25) is 0 Å². The Kier molecular flexibility index (Phi) is 6.03. The Balaban J connectivity index is 2.49. The van der Waals surface area contributed by atoms with Crippen molar-refractivity contribution in [2.75, 3.05) is 20.3 Å². The summed E-state index contributed by atoms with van der Waals surface area (Å²) in [6.07, 6.45) is -3.99. The van der Waals surface area contributed by atoms with E-state index in [2.05, 4.69) is 10.1 Å². The number of rotatable bonds is 6. The van der Waals surface area contributed by atoms with Crippen LogP contribution in [0.3, 0.4) is 0 Å². The summed E-state index contributed by atoms with van der Waals surface area (Å²) in [5.41, 5.74) is 0.636. The standard InChI is InChI=1S/C12H14ClF4NO/c1-18-9(6-19-7-12(15,16)17)4-8-2-3-10(13)11(14)5-8/h2-3,5,9,18H,4,6-7H2,1H3. The highest BCUT2D eigenvalue weighted by Gasteiger charge is 2.27. The number of benzene rings is 1. The Hall–Kier alpha value is -0.850. The molecule has 0 saturated carbocycles. The average molecular weight is 300 g/mol. The van der Waals surface area contributed by atoms with Gasteiger partial charge in [0, 0.05) is 6.04 Å². The van der Waals surface area contributed by atoms with E-state index in [4.69, 9.17) is 11.6 Å². The monoisotopic (exact) mass is 299 g/mol. The fourth-order valence-corrected chi connectivity index (χ4v) is 1.63. The zero-order valence-electron chi connectivity index (χ0n) is 10.2. The van der Waals surface area contributed by atoms with E-state index in [0.29, 0.717) is 12.0 Å². The molecule has 0 aromatic heterocycles. The van der Waals surface area contributed by atoms with Crippen LogP contribution >= 0.6 is 11.6 Å². The van der Waals surface area contributed by atoms with Crippen LogP contribution in [0, 0.1) is 5.82 Å². The van der Waals surface area contributed by atoms with Gasteiger partial charge < -0.3 is 10.1 Å². The molecular formula is C12H14ClF4NO. The number of halogens is 5. The van der Waals surface area contributed by atoms with Crippen molar-refractivity contribution < 1.29 is 22.3 Å². The van der Waals surface area contributed by atoms with E-state index in [-0.39, 0.29) is 17.7 Å². The number of alkyl halides is 3. The third kappa shape index (κ3) is 6.22. The first kappa shape index (κ1) is 16.2. The minimum absolute atomic E-state index is 0.0121. The van der Waals surface area contributed by atoms with Gasteiger partial charge in [-0.15, -0.1) is 0 Å². The second-order valence-corrected chi connectivity index (χ2v) is 4.48. The SMILES string of the molecule is CNC(COCC(F)(F)F)Cc1ccc(Cl)c(F)c1. The van der Waals surface area contributed by atoms with E-state index in [9.17, 15) is 17.6 Å². The average Bonchev–Trinajstić information content (AvgIpc) is 2.31. The number of ether oxygens (including phenoxy) is 1. The number of nitrogens with one attached hydrogen (secondary N) is 1. The van der Waals surface area contributed by atoms with E-state index in [1.165, 1.54) is 12.1 Å². The molecule has 1 N–H and O–H groups in total. The van der Waals surface area contributed by atoms with Gasteiger partial charge in [-0.25, -0.2) is 4.39 Å². The van der Waals surface area contributed by atoms with Crippen molar-refractivity contribution in [3.8, 4) is 0 Å². The maximum Gasteiger partial charge on any atom is 0.411 e.